The van der Waals surface area contributed by atoms with E-state index < -0.39 is 0 Å². The minimum atomic E-state index is 0.668. The number of benzene rings is 1. The van der Waals surface area contributed by atoms with Gasteiger partial charge in [0.2, 0.25) is 0 Å². The van der Waals surface area contributed by atoms with E-state index in [9.17, 15) is 0 Å². The van der Waals surface area contributed by atoms with Crippen LogP contribution >= 0.6 is 0 Å². The molecular weight excluding hydrogens is 196 g/mol. The highest BCUT2D eigenvalue weighted by Gasteiger charge is 1.89. The molecule has 0 N–H and O–H groups in total. The zero-order chi connectivity index (χ0) is 11.2. The first-order chi connectivity index (χ1) is 7.88. The van der Waals surface area contributed by atoms with Crippen molar-refractivity contribution in [2.24, 2.45) is 0 Å². The molecule has 0 spiro atoms. The molecule has 0 aliphatic rings. The van der Waals surface area contributed by atoms with Gasteiger partial charge in [-0.15, -0.1) is 0 Å². The van der Waals surface area contributed by atoms with Crippen molar-refractivity contribution in [3.8, 4) is 0 Å². The van der Waals surface area contributed by atoms with Crippen LogP contribution in [0.3, 0.4) is 0 Å². The Bertz CT molecular complexity index is 519. The molecule has 0 atom stereocenters. The summed E-state index contributed by atoms with van der Waals surface area (Å²) in [6.07, 6.45) is 7.57. The minimum Gasteiger partial charge on any atom is -0.265 e. The lowest BCUT2D eigenvalue weighted by Gasteiger charge is -1.94. The Morgan fingerprint density at radius 3 is 2.00 bits per heavy atom. The van der Waals surface area contributed by atoms with Gasteiger partial charge in [0.15, 0.2) is 5.69 Å². The van der Waals surface area contributed by atoms with Crippen LogP contribution in [0.1, 0.15) is 11.1 Å². The van der Waals surface area contributed by atoms with E-state index in [1.54, 1.807) is 12.4 Å². The van der Waals surface area contributed by atoms with Gasteiger partial charge in [-0.2, -0.15) is 0 Å². The minimum absolute atomic E-state index is 0.668. The number of nitrogens with zero attached hydrogens (tertiary/aromatic N) is 2. The number of hydrogen-bond acceptors (Lipinski definition) is 1. The van der Waals surface area contributed by atoms with E-state index in [0.29, 0.717) is 5.69 Å². The van der Waals surface area contributed by atoms with E-state index in [0.717, 1.165) is 11.1 Å². The van der Waals surface area contributed by atoms with Crippen LogP contribution < -0.4 is 0 Å². The molecule has 0 bridgehead atoms. The molecule has 0 aliphatic heterocycles. The smallest absolute Gasteiger partial charge is 0.187 e. The highest BCUT2D eigenvalue weighted by atomic mass is 14.6. The molecular formula is C14H10N2. The quantitative estimate of drug-likeness (QED) is 0.683. The topological polar surface area (TPSA) is 17.2 Å². The summed E-state index contributed by atoms with van der Waals surface area (Å²) in [6, 6.07) is 11.4. The number of aromatic nitrogens is 1. The maximum Gasteiger partial charge on any atom is 0.187 e. The lowest BCUT2D eigenvalue weighted by atomic mass is 10.1. The van der Waals surface area contributed by atoms with Gasteiger partial charge >= 0.3 is 0 Å². The Morgan fingerprint density at radius 2 is 1.44 bits per heavy atom. The fourth-order valence-electron chi connectivity index (χ4n) is 1.33. The van der Waals surface area contributed by atoms with E-state index in [1.807, 2.05) is 48.6 Å². The van der Waals surface area contributed by atoms with Gasteiger partial charge in [0.25, 0.3) is 0 Å². The van der Waals surface area contributed by atoms with Crippen molar-refractivity contribution in [1.82, 2.24) is 4.98 Å². The number of rotatable bonds is 2. The monoisotopic (exact) mass is 206 g/mol. The molecule has 2 heteroatoms. The van der Waals surface area contributed by atoms with Crippen molar-refractivity contribution in [2.75, 3.05) is 0 Å². The summed E-state index contributed by atoms with van der Waals surface area (Å²) in [6.45, 7) is 6.85. The lowest BCUT2D eigenvalue weighted by Crippen LogP contribution is -1.73. The summed E-state index contributed by atoms with van der Waals surface area (Å²) >= 11 is 0. The second-order valence-electron chi connectivity index (χ2n) is 3.32. The van der Waals surface area contributed by atoms with Gasteiger partial charge in [0, 0.05) is 12.4 Å². The van der Waals surface area contributed by atoms with Crippen LogP contribution in [-0.4, -0.2) is 4.98 Å². The Kier molecular flexibility index (Phi) is 3.10. The highest BCUT2D eigenvalue weighted by Crippen LogP contribution is 2.14. The van der Waals surface area contributed by atoms with Gasteiger partial charge in [-0.3, -0.25) is 4.98 Å². The van der Waals surface area contributed by atoms with Gasteiger partial charge in [-0.05, 0) is 23.3 Å². The summed E-state index contributed by atoms with van der Waals surface area (Å²) in [4.78, 5) is 7.30. The fraction of sp³-hybridized carbons (Fsp3) is 0. The summed E-state index contributed by atoms with van der Waals surface area (Å²) in [5.41, 5.74) is 2.87. The third-order valence-electron chi connectivity index (χ3n) is 2.20. The predicted octanol–water partition coefficient (Wildman–Crippen LogP) is 3.80. The molecule has 16 heavy (non-hydrogen) atoms. The Morgan fingerprint density at radius 1 is 0.875 bits per heavy atom. The maximum absolute atomic E-state index is 6.85. The van der Waals surface area contributed by atoms with E-state index in [2.05, 4.69) is 9.83 Å². The fourth-order valence-corrected chi connectivity index (χ4v) is 1.33. The first-order valence-electron chi connectivity index (χ1n) is 4.94. The zero-order valence-corrected chi connectivity index (χ0v) is 8.67. The molecule has 0 saturated carbocycles. The van der Waals surface area contributed by atoms with E-state index in [1.165, 1.54) is 0 Å². The van der Waals surface area contributed by atoms with Crippen LogP contribution in [-0.2, 0) is 0 Å². The van der Waals surface area contributed by atoms with Gasteiger partial charge in [-0.1, -0.05) is 36.4 Å². The molecule has 1 heterocycles. The highest BCUT2D eigenvalue weighted by molar-refractivity contribution is 5.70. The molecule has 2 aromatic rings. The van der Waals surface area contributed by atoms with E-state index >= 15 is 0 Å². The zero-order valence-electron chi connectivity index (χ0n) is 8.67. The largest absolute Gasteiger partial charge is 0.265 e. The molecule has 0 saturated heterocycles. The van der Waals surface area contributed by atoms with Crippen LogP contribution in [0.5, 0.6) is 0 Å². The van der Waals surface area contributed by atoms with Crippen molar-refractivity contribution in [1.29, 1.82) is 0 Å². The van der Waals surface area contributed by atoms with Gasteiger partial charge < -0.3 is 0 Å². The number of pyridine rings is 1. The Labute approximate surface area is 94.7 Å². The molecule has 2 rings (SSSR count). The molecule has 1 aromatic heterocycles. The van der Waals surface area contributed by atoms with E-state index in [-0.39, 0.29) is 0 Å². The SMILES string of the molecule is [C-]#[N+]c1ccc(/C=C/c2ccncc2)cc1. The average molecular weight is 206 g/mol. The lowest BCUT2D eigenvalue weighted by molar-refractivity contribution is 1.32. The predicted molar refractivity (Wildman–Crippen MR) is 65.9 cm³/mol. The Balaban J connectivity index is 2.15. The van der Waals surface area contributed by atoms with Crippen LogP contribution in [0.2, 0.25) is 0 Å². The Hall–Kier alpha value is -2.40. The first-order valence-corrected chi connectivity index (χ1v) is 4.94. The molecule has 0 fully saturated rings. The van der Waals surface area contributed by atoms with Crippen molar-refractivity contribution < 1.29 is 0 Å². The van der Waals surface area contributed by atoms with Crippen molar-refractivity contribution in [2.45, 2.75) is 0 Å². The van der Waals surface area contributed by atoms with Crippen molar-refractivity contribution >= 4 is 17.8 Å². The molecule has 0 unspecified atom stereocenters. The normalized spacial score (nSPS) is 10.2. The second kappa shape index (κ2) is 4.90. The standard InChI is InChI=1S/C14H10N2/c1-15-14-6-4-12(5-7-14)2-3-13-8-10-16-11-9-13/h2-11H/b3-2+. The summed E-state index contributed by atoms with van der Waals surface area (Å²) in [7, 11) is 0. The molecule has 0 aliphatic carbocycles. The summed E-state index contributed by atoms with van der Waals surface area (Å²) in [5.74, 6) is 0. The summed E-state index contributed by atoms with van der Waals surface area (Å²) < 4.78 is 0. The van der Waals surface area contributed by atoms with Crippen LogP contribution in [0.25, 0.3) is 17.0 Å². The second-order valence-corrected chi connectivity index (χ2v) is 3.32. The van der Waals surface area contributed by atoms with Gasteiger partial charge in [0.05, 0.1) is 6.57 Å². The molecule has 0 radical (unpaired) electrons. The molecule has 1 aromatic carbocycles. The first kappa shape index (κ1) is 10.1. The average Bonchev–Trinajstić information content (AvgIpc) is 2.38. The van der Waals surface area contributed by atoms with Gasteiger partial charge in [-0.25, -0.2) is 4.85 Å². The number of hydrogen-bond donors (Lipinski definition) is 0. The third kappa shape index (κ3) is 2.55. The molecule has 76 valence electrons. The van der Waals surface area contributed by atoms with Crippen molar-refractivity contribution in [3.63, 3.8) is 0 Å². The molecule has 2 nitrogen and oxygen atoms in total. The maximum atomic E-state index is 6.85. The molecule has 0 amide bonds. The third-order valence-corrected chi connectivity index (χ3v) is 2.20. The van der Waals surface area contributed by atoms with Crippen LogP contribution in [0.4, 0.5) is 5.69 Å². The van der Waals surface area contributed by atoms with E-state index in [4.69, 9.17) is 6.57 Å². The summed E-state index contributed by atoms with van der Waals surface area (Å²) in [5, 5.41) is 0. The van der Waals surface area contributed by atoms with Crippen LogP contribution in [0, 0.1) is 6.57 Å². The van der Waals surface area contributed by atoms with Crippen LogP contribution in [0.15, 0.2) is 48.8 Å². The van der Waals surface area contributed by atoms with Crippen molar-refractivity contribution in [3.05, 3.63) is 71.3 Å². The van der Waals surface area contributed by atoms with Gasteiger partial charge in [0.1, 0.15) is 0 Å².